The van der Waals surface area contributed by atoms with Gasteiger partial charge in [0.25, 0.3) is 17.5 Å². The molecule has 0 saturated carbocycles. The zero-order valence-corrected chi connectivity index (χ0v) is 13.2. The predicted octanol–water partition coefficient (Wildman–Crippen LogP) is 1.44. The molecule has 2 rings (SSSR count). The minimum absolute atomic E-state index is 0.0825. The molecule has 0 bridgehead atoms. The van der Waals surface area contributed by atoms with Crippen molar-refractivity contribution in [2.75, 3.05) is 13.7 Å². The molecule has 0 radical (unpaired) electrons. The van der Waals surface area contributed by atoms with E-state index >= 15 is 0 Å². The summed E-state index contributed by atoms with van der Waals surface area (Å²) in [4.78, 5) is 33.7. The second kappa shape index (κ2) is 8.29. The minimum Gasteiger partial charge on any atom is -0.496 e. The Morgan fingerprint density at radius 1 is 1.08 bits per heavy atom. The number of methoxy groups -OCH3 is 1. The number of carbonyl (C=O) groups excluding carboxylic acids is 2. The maximum Gasteiger partial charge on any atom is 0.276 e. The van der Waals surface area contributed by atoms with Crippen LogP contribution in [0, 0.1) is 10.1 Å². The SMILES string of the molecule is COc1ccccc1C(=O)NNC(=O)COc1ccc([N+](=O)[O-])cc1. The number of hydrogen-bond donors (Lipinski definition) is 2. The van der Waals surface area contributed by atoms with Gasteiger partial charge in [-0.2, -0.15) is 0 Å². The number of carbonyl (C=O) groups is 2. The molecule has 0 aliphatic rings. The summed E-state index contributed by atoms with van der Waals surface area (Å²) < 4.78 is 10.2. The van der Waals surface area contributed by atoms with Crippen molar-refractivity contribution in [3.05, 3.63) is 64.2 Å². The molecule has 130 valence electrons. The Morgan fingerprint density at radius 3 is 2.40 bits per heavy atom. The lowest BCUT2D eigenvalue weighted by Crippen LogP contribution is -2.43. The van der Waals surface area contributed by atoms with Crippen molar-refractivity contribution in [2.24, 2.45) is 0 Å². The van der Waals surface area contributed by atoms with Gasteiger partial charge in [-0.25, -0.2) is 0 Å². The monoisotopic (exact) mass is 345 g/mol. The molecule has 0 spiro atoms. The number of benzene rings is 2. The Bertz CT molecular complexity index is 776. The van der Waals surface area contributed by atoms with Gasteiger partial charge in [-0.15, -0.1) is 0 Å². The van der Waals surface area contributed by atoms with E-state index in [0.717, 1.165) is 0 Å². The third-order valence-corrected chi connectivity index (χ3v) is 3.08. The first-order chi connectivity index (χ1) is 12.0. The standard InChI is InChI=1S/C16H15N3O6/c1-24-14-5-3-2-4-13(14)16(21)18-17-15(20)10-25-12-8-6-11(7-9-12)19(22)23/h2-9H,10H2,1H3,(H,17,20)(H,18,21). The minimum atomic E-state index is -0.596. The zero-order valence-electron chi connectivity index (χ0n) is 13.2. The van der Waals surface area contributed by atoms with Crippen LogP contribution in [-0.2, 0) is 4.79 Å². The van der Waals surface area contributed by atoms with Crippen molar-refractivity contribution in [3.8, 4) is 11.5 Å². The number of nitro benzene ring substituents is 1. The number of ether oxygens (including phenoxy) is 2. The average Bonchev–Trinajstić information content (AvgIpc) is 2.64. The third-order valence-electron chi connectivity index (χ3n) is 3.08. The second-order valence-corrected chi connectivity index (χ2v) is 4.74. The largest absolute Gasteiger partial charge is 0.496 e. The van der Waals surface area contributed by atoms with E-state index in [4.69, 9.17) is 9.47 Å². The Morgan fingerprint density at radius 2 is 1.76 bits per heavy atom. The van der Waals surface area contributed by atoms with Crippen molar-refractivity contribution in [1.29, 1.82) is 0 Å². The Balaban J connectivity index is 1.82. The molecule has 0 atom stereocenters. The number of nitro groups is 1. The first kappa shape index (κ1) is 17.7. The van der Waals surface area contributed by atoms with E-state index in [1.54, 1.807) is 24.3 Å². The average molecular weight is 345 g/mol. The number of para-hydroxylation sites is 1. The molecule has 2 amide bonds. The third kappa shape index (κ3) is 4.93. The van der Waals surface area contributed by atoms with Crippen LogP contribution in [0.2, 0.25) is 0 Å². The van der Waals surface area contributed by atoms with Gasteiger partial charge in [0.1, 0.15) is 11.5 Å². The highest BCUT2D eigenvalue weighted by molar-refractivity contribution is 5.97. The number of nitrogens with one attached hydrogen (secondary N) is 2. The molecule has 2 N–H and O–H groups in total. The van der Waals surface area contributed by atoms with Gasteiger partial charge in [0.2, 0.25) is 0 Å². The summed E-state index contributed by atoms with van der Waals surface area (Å²) >= 11 is 0. The summed E-state index contributed by atoms with van der Waals surface area (Å²) in [7, 11) is 1.43. The molecule has 0 aliphatic carbocycles. The van der Waals surface area contributed by atoms with Crippen LogP contribution in [0.25, 0.3) is 0 Å². The van der Waals surface area contributed by atoms with Crippen molar-refractivity contribution < 1.29 is 24.0 Å². The number of hydrazine groups is 1. The molecule has 0 heterocycles. The van der Waals surface area contributed by atoms with Crippen LogP contribution in [0.4, 0.5) is 5.69 Å². The van der Waals surface area contributed by atoms with E-state index < -0.39 is 16.7 Å². The van der Waals surface area contributed by atoms with E-state index in [9.17, 15) is 19.7 Å². The summed E-state index contributed by atoms with van der Waals surface area (Å²) in [5, 5.41) is 10.5. The smallest absolute Gasteiger partial charge is 0.276 e. The maximum atomic E-state index is 12.0. The zero-order chi connectivity index (χ0) is 18.2. The van der Waals surface area contributed by atoms with Crippen LogP contribution in [0.1, 0.15) is 10.4 Å². The topological polar surface area (TPSA) is 120 Å². The highest BCUT2D eigenvalue weighted by atomic mass is 16.6. The van der Waals surface area contributed by atoms with Crippen molar-refractivity contribution in [1.82, 2.24) is 10.9 Å². The lowest BCUT2D eigenvalue weighted by molar-refractivity contribution is -0.384. The lowest BCUT2D eigenvalue weighted by atomic mass is 10.2. The van der Waals surface area contributed by atoms with Gasteiger partial charge in [0.15, 0.2) is 6.61 Å². The number of hydrogen-bond acceptors (Lipinski definition) is 6. The quantitative estimate of drug-likeness (QED) is 0.604. The molecule has 9 heteroatoms. The fourth-order valence-electron chi connectivity index (χ4n) is 1.88. The molecule has 9 nitrogen and oxygen atoms in total. The molecule has 0 aromatic heterocycles. The highest BCUT2D eigenvalue weighted by Gasteiger charge is 2.12. The molecular weight excluding hydrogens is 330 g/mol. The summed E-state index contributed by atoms with van der Waals surface area (Å²) in [5.41, 5.74) is 4.63. The number of non-ortho nitro benzene ring substituents is 1. The molecule has 2 aromatic carbocycles. The molecule has 0 fully saturated rings. The Hall–Kier alpha value is -3.62. The highest BCUT2D eigenvalue weighted by Crippen LogP contribution is 2.17. The van der Waals surface area contributed by atoms with Gasteiger partial charge < -0.3 is 9.47 Å². The van der Waals surface area contributed by atoms with E-state index in [-0.39, 0.29) is 23.6 Å². The molecule has 0 aliphatic heterocycles. The summed E-state index contributed by atoms with van der Waals surface area (Å²) in [6.07, 6.45) is 0. The van der Waals surface area contributed by atoms with Gasteiger partial charge >= 0.3 is 0 Å². The van der Waals surface area contributed by atoms with Crippen molar-refractivity contribution in [2.45, 2.75) is 0 Å². The van der Waals surface area contributed by atoms with Crippen LogP contribution in [0.3, 0.4) is 0 Å². The molecule has 25 heavy (non-hydrogen) atoms. The Kier molecular flexibility index (Phi) is 5.88. The number of amides is 2. The maximum absolute atomic E-state index is 12.0. The summed E-state index contributed by atoms with van der Waals surface area (Å²) in [5.74, 6) is -0.476. The lowest BCUT2D eigenvalue weighted by Gasteiger charge is -2.10. The molecule has 0 saturated heterocycles. The van der Waals surface area contributed by atoms with Crippen molar-refractivity contribution in [3.63, 3.8) is 0 Å². The van der Waals surface area contributed by atoms with Crippen LogP contribution in [-0.4, -0.2) is 30.5 Å². The van der Waals surface area contributed by atoms with E-state index in [1.807, 2.05) is 0 Å². The van der Waals surface area contributed by atoms with Crippen LogP contribution in [0.5, 0.6) is 11.5 Å². The van der Waals surface area contributed by atoms with Crippen LogP contribution < -0.4 is 20.3 Å². The van der Waals surface area contributed by atoms with Crippen LogP contribution in [0.15, 0.2) is 48.5 Å². The van der Waals surface area contributed by atoms with E-state index in [2.05, 4.69) is 10.9 Å². The number of nitrogens with zero attached hydrogens (tertiary/aromatic N) is 1. The normalized spacial score (nSPS) is 9.80. The van der Waals surface area contributed by atoms with Gasteiger partial charge in [-0.1, -0.05) is 12.1 Å². The van der Waals surface area contributed by atoms with Gasteiger partial charge in [-0.05, 0) is 24.3 Å². The van der Waals surface area contributed by atoms with E-state index in [0.29, 0.717) is 5.75 Å². The fraction of sp³-hybridized carbons (Fsp3) is 0.125. The summed E-state index contributed by atoms with van der Waals surface area (Å²) in [6.45, 7) is -0.371. The first-order valence-electron chi connectivity index (χ1n) is 7.10. The fourth-order valence-corrected chi connectivity index (χ4v) is 1.88. The first-order valence-corrected chi connectivity index (χ1v) is 7.10. The number of rotatable bonds is 6. The Labute approximate surface area is 142 Å². The van der Waals surface area contributed by atoms with Crippen LogP contribution >= 0.6 is 0 Å². The molecule has 2 aromatic rings. The van der Waals surface area contributed by atoms with Crippen molar-refractivity contribution >= 4 is 17.5 Å². The van der Waals surface area contributed by atoms with Gasteiger partial charge in [0.05, 0.1) is 17.6 Å². The molecular formula is C16H15N3O6. The molecule has 0 unspecified atom stereocenters. The van der Waals surface area contributed by atoms with E-state index in [1.165, 1.54) is 31.4 Å². The second-order valence-electron chi connectivity index (χ2n) is 4.74. The van der Waals surface area contributed by atoms with Gasteiger partial charge in [-0.3, -0.25) is 30.6 Å². The summed E-state index contributed by atoms with van der Waals surface area (Å²) in [6, 6.07) is 11.8. The predicted molar refractivity (Wildman–Crippen MR) is 87.2 cm³/mol. The van der Waals surface area contributed by atoms with Gasteiger partial charge in [0, 0.05) is 12.1 Å².